The maximum atomic E-state index is 12.7. The van der Waals surface area contributed by atoms with Crippen molar-refractivity contribution in [3.05, 3.63) is 65.7 Å². The highest BCUT2D eigenvalue weighted by Crippen LogP contribution is 2.20. The van der Waals surface area contributed by atoms with Crippen LogP contribution in [0.15, 0.2) is 54.6 Å². The molecule has 1 heterocycles. The highest BCUT2D eigenvalue weighted by atomic mass is 32.2. The number of nitrogens with one attached hydrogen (secondary N) is 2. The zero-order valence-electron chi connectivity index (χ0n) is 17.0. The first kappa shape index (κ1) is 21.8. The summed E-state index contributed by atoms with van der Waals surface area (Å²) in [4.78, 5) is 26.8. The molecule has 0 bridgehead atoms. The van der Waals surface area contributed by atoms with Crippen molar-refractivity contribution in [2.24, 2.45) is 5.92 Å². The fourth-order valence-corrected chi connectivity index (χ4v) is 4.11. The van der Waals surface area contributed by atoms with Crippen LogP contribution in [0.4, 0.5) is 5.69 Å². The van der Waals surface area contributed by atoms with Crippen LogP contribution in [0, 0.1) is 5.92 Å². The van der Waals surface area contributed by atoms with Gasteiger partial charge in [0.1, 0.15) is 0 Å². The number of amides is 2. The van der Waals surface area contributed by atoms with E-state index >= 15 is 0 Å². The normalized spacial score (nSPS) is 14.9. The van der Waals surface area contributed by atoms with E-state index in [4.69, 9.17) is 0 Å². The minimum Gasteiger partial charge on any atom is -0.356 e. The van der Waals surface area contributed by atoms with Crippen LogP contribution in [-0.4, -0.2) is 51.0 Å². The van der Waals surface area contributed by atoms with Crippen molar-refractivity contribution in [3.8, 4) is 0 Å². The third kappa shape index (κ3) is 6.32. The van der Waals surface area contributed by atoms with Gasteiger partial charge >= 0.3 is 0 Å². The Morgan fingerprint density at radius 3 is 2.23 bits per heavy atom. The molecular weight excluding hydrogens is 402 g/mol. The van der Waals surface area contributed by atoms with Crippen LogP contribution < -0.4 is 10.0 Å². The Bertz CT molecular complexity index is 967. The topological polar surface area (TPSA) is 95.6 Å². The Morgan fingerprint density at radius 2 is 1.63 bits per heavy atom. The van der Waals surface area contributed by atoms with Gasteiger partial charge in [0.25, 0.3) is 5.91 Å². The lowest BCUT2D eigenvalue weighted by molar-refractivity contribution is -0.126. The maximum Gasteiger partial charge on any atom is 0.253 e. The highest BCUT2D eigenvalue weighted by Gasteiger charge is 2.27. The number of piperidine rings is 1. The van der Waals surface area contributed by atoms with E-state index in [1.807, 2.05) is 30.3 Å². The van der Waals surface area contributed by atoms with Gasteiger partial charge in [0, 0.05) is 36.8 Å². The van der Waals surface area contributed by atoms with E-state index in [-0.39, 0.29) is 17.7 Å². The largest absolute Gasteiger partial charge is 0.356 e. The number of nitrogens with zero attached hydrogens (tertiary/aromatic N) is 1. The second-order valence-corrected chi connectivity index (χ2v) is 9.29. The maximum absolute atomic E-state index is 12.7. The summed E-state index contributed by atoms with van der Waals surface area (Å²) < 4.78 is 24.9. The fraction of sp³-hybridized carbons (Fsp3) is 0.364. The molecule has 2 amide bonds. The van der Waals surface area contributed by atoms with Gasteiger partial charge in [-0.1, -0.05) is 30.3 Å². The quantitative estimate of drug-likeness (QED) is 0.706. The van der Waals surface area contributed by atoms with Crippen LogP contribution in [-0.2, 0) is 21.2 Å². The van der Waals surface area contributed by atoms with Gasteiger partial charge in [-0.15, -0.1) is 0 Å². The standard InChI is InChI=1S/C22H27N3O4S/c1-30(28,29)24-20-9-7-19(8-10-20)22(27)25-15-12-18(13-16-25)21(26)23-14-11-17-5-3-2-4-6-17/h2-10,18,24H,11-16H2,1H3,(H,23,26). The molecule has 1 saturated heterocycles. The van der Waals surface area contributed by atoms with Crippen LogP contribution in [0.3, 0.4) is 0 Å². The summed E-state index contributed by atoms with van der Waals surface area (Å²) in [6.07, 6.45) is 3.15. The summed E-state index contributed by atoms with van der Waals surface area (Å²) in [5.74, 6) is -0.135. The summed E-state index contributed by atoms with van der Waals surface area (Å²) in [5.41, 5.74) is 2.11. The molecule has 1 aliphatic heterocycles. The molecule has 0 aliphatic carbocycles. The lowest BCUT2D eigenvalue weighted by Gasteiger charge is -2.31. The van der Waals surface area contributed by atoms with Crippen molar-refractivity contribution in [2.75, 3.05) is 30.6 Å². The molecule has 1 aliphatic rings. The Balaban J connectivity index is 1.45. The molecule has 0 spiro atoms. The SMILES string of the molecule is CS(=O)(=O)Nc1ccc(C(=O)N2CCC(C(=O)NCCc3ccccc3)CC2)cc1. The Kier molecular flexibility index (Phi) is 7.10. The number of anilines is 1. The predicted octanol–water partition coefficient (Wildman–Crippen LogP) is 2.27. The van der Waals surface area contributed by atoms with Crippen molar-refractivity contribution in [1.82, 2.24) is 10.2 Å². The van der Waals surface area contributed by atoms with Gasteiger partial charge in [-0.25, -0.2) is 8.42 Å². The average Bonchev–Trinajstić information content (AvgIpc) is 2.73. The highest BCUT2D eigenvalue weighted by molar-refractivity contribution is 7.92. The zero-order chi connectivity index (χ0) is 21.6. The molecule has 7 nitrogen and oxygen atoms in total. The number of carbonyl (C=O) groups is 2. The van der Waals surface area contributed by atoms with E-state index in [0.717, 1.165) is 12.7 Å². The Labute approximate surface area is 177 Å². The number of likely N-dealkylation sites (tertiary alicyclic amines) is 1. The molecule has 2 aromatic rings. The van der Waals surface area contributed by atoms with Gasteiger partial charge in [0.15, 0.2) is 0 Å². The molecule has 160 valence electrons. The molecule has 1 fully saturated rings. The fourth-order valence-electron chi connectivity index (χ4n) is 3.54. The minimum absolute atomic E-state index is 0.0502. The minimum atomic E-state index is -3.35. The van der Waals surface area contributed by atoms with Crippen molar-refractivity contribution >= 4 is 27.5 Å². The van der Waals surface area contributed by atoms with E-state index in [1.165, 1.54) is 5.56 Å². The number of hydrogen-bond donors (Lipinski definition) is 2. The van der Waals surface area contributed by atoms with Gasteiger partial charge in [-0.05, 0) is 49.1 Å². The lowest BCUT2D eigenvalue weighted by Crippen LogP contribution is -2.43. The number of sulfonamides is 1. The molecule has 30 heavy (non-hydrogen) atoms. The molecule has 2 aromatic carbocycles. The molecule has 3 rings (SSSR count). The molecule has 8 heteroatoms. The van der Waals surface area contributed by atoms with Crippen molar-refractivity contribution in [2.45, 2.75) is 19.3 Å². The first-order chi connectivity index (χ1) is 14.3. The Morgan fingerprint density at radius 1 is 1.00 bits per heavy atom. The summed E-state index contributed by atoms with van der Waals surface area (Å²) in [6.45, 7) is 1.66. The van der Waals surface area contributed by atoms with Crippen molar-refractivity contribution in [3.63, 3.8) is 0 Å². The zero-order valence-corrected chi connectivity index (χ0v) is 17.8. The van der Waals surface area contributed by atoms with Crippen LogP contribution in [0.2, 0.25) is 0 Å². The molecule has 2 N–H and O–H groups in total. The number of benzene rings is 2. The number of carbonyl (C=O) groups excluding carboxylic acids is 2. The van der Waals surface area contributed by atoms with E-state index in [1.54, 1.807) is 29.2 Å². The van der Waals surface area contributed by atoms with E-state index in [9.17, 15) is 18.0 Å². The first-order valence-electron chi connectivity index (χ1n) is 10.0. The lowest BCUT2D eigenvalue weighted by atomic mass is 9.95. The third-order valence-electron chi connectivity index (χ3n) is 5.14. The van der Waals surface area contributed by atoms with Gasteiger partial charge in [0.2, 0.25) is 15.9 Å². The summed E-state index contributed by atoms with van der Waals surface area (Å²) in [6, 6.07) is 16.4. The second-order valence-electron chi connectivity index (χ2n) is 7.54. The molecule has 0 unspecified atom stereocenters. The van der Waals surface area contributed by atoms with Crippen LogP contribution in [0.25, 0.3) is 0 Å². The average molecular weight is 430 g/mol. The van der Waals surface area contributed by atoms with Crippen LogP contribution in [0.1, 0.15) is 28.8 Å². The Hall–Kier alpha value is -2.87. The summed E-state index contributed by atoms with van der Waals surface area (Å²) in [5, 5.41) is 3.00. The van der Waals surface area contributed by atoms with Crippen LogP contribution in [0.5, 0.6) is 0 Å². The van der Waals surface area contributed by atoms with E-state index in [2.05, 4.69) is 10.0 Å². The third-order valence-corrected chi connectivity index (χ3v) is 5.75. The number of hydrogen-bond acceptors (Lipinski definition) is 4. The molecule has 0 atom stereocenters. The molecule has 0 saturated carbocycles. The number of rotatable bonds is 7. The van der Waals surface area contributed by atoms with Crippen molar-refractivity contribution in [1.29, 1.82) is 0 Å². The molecule has 0 aromatic heterocycles. The molecule has 0 radical (unpaired) electrons. The van der Waals surface area contributed by atoms with Gasteiger partial charge < -0.3 is 10.2 Å². The predicted molar refractivity (Wildman–Crippen MR) is 117 cm³/mol. The van der Waals surface area contributed by atoms with Gasteiger partial charge in [0.05, 0.1) is 6.26 Å². The summed E-state index contributed by atoms with van der Waals surface area (Å²) >= 11 is 0. The second kappa shape index (κ2) is 9.75. The summed E-state index contributed by atoms with van der Waals surface area (Å²) in [7, 11) is -3.35. The molecular formula is C22H27N3O4S. The smallest absolute Gasteiger partial charge is 0.253 e. The monoisotopic (exact) mass is 429 g/mol. The van der Waals surface area contributed by atoms with E-state index in [0.29, 0.717) is 43.7 Å². The van der Waals surface area contributed by atoms with Gasteiger partial charge in [-0.2, -0.15) is 0 Å². The van der Waals surface area contributed by atoms with Crippen LogP contribution >= 0.6 is 0 Å². The van der Waals surface area contributed by atoms with Crippen molar-refractivity contribution < 1.29 is 18.0 Å². The first-order valence-corrected chi connectivity index (χ1v) is 11.9. The van der Waals surface area contributed by atoms with E-state index < -0.39 is 10.0 Å². The van der Waals surface area contributed by atoms with Gasteiger partial charge in [-0.3, -0.25) is 14.3 Å².